The van der Waals surface area contributed by atoms with Crippen LogP contribution in [-0.4, -0.2) is 39.2 Å². The van der Waals surface area contributed by atoms with Crippen LogP contribution in [0, 0.1) is 0 Å². The van der Waals surface area contributed by atoms with Crippen molar-refractivity contribution in [3.05, 3.63) is 41.0 Å². The minimum absolute atomic E-state index is 0.420. The van der Waals surface area contributed by atoms with Crippen LogP contribution in [0.3, 0.4) is 0 Å². The lowest BCUT2D eigenvalue weighted by Crippen LogP contribution is -2.33. The molecular weight excluding hydrogens is 358 g/mol. The Balaban J connectivity index is 1.72. The number of amides is 1. The maximum atomic E-state index is 12.1. The van der Waals surface area contributed by atoms with Gasteiger partial charge in [-0.1, -0.05) is 31.0 Å². The molecule has 1 saturated heterocycles. The molecule has 130 valence electrons. The molecule has 0 atom stereocenters. The van der Waals surface area contributed by atoms with Crippen LogP contribution >= 0.6 is 23.4 Å². The molecule has 25 heavy (non-hydrogen) atoms. The van der Waals surface area contributed by atoms with E-state index in [1.165, 1.54) is 4.90 Å². The third-order valence-corrected chi connectivity index (χ3v) is 5.05. The fourth-order valence-corrected chi connectivity index (χ4v) is 3.51. The fraction of sp³-hybridized carbons (Fsp3) is 0.333. The highest BCUT2D eigenvalue weighted by Crippen LogP contribution is 2.23. The second-order valence-corrected chi connectivity index (χ2v) is 7.17. The van der Waals surface area contributed by atoms with E-state index in [2.05, 4.69) is 16.9 Å². The van der Waals surface area contributed by atoms with Crippen LogP contribution in [0.2, 0.25) is 5.02 Å². The number of unbranched alkanes of at least 4 members (excludes halogenated alkanes) is 1. The highest BCUT2D eigenvalue weighted by Gasteiger charge is 2.36. The molecule has 0 saturated carbocycles. The number of rotatable bonds is 6. The minimum Gasteiger partial charge on any atom is -0.283 e. The molecular formula is C18H18ClN3O2S. The van der Waals surface area contributed by atoms with Crippen molar-refractivity contribution in [3.8, 4) is 0 Å². The number of nitrogens with zero attached hydrogens (tertiary/aromatic N) is 3. The maximum Gasteiger partial charge on any atom is 0.307 e. The van der Waals surface area contributed by atoms with Gasteiger partial charge in [0.05, 0.1) is 5.52 Å². The summed E-state index contributed by atoms with van der Waals surface area (Å²) in [6.07, 6.45) is 4.35. The molecule has 1 aromatic heterocycles. The van der Waals surface area contributed by atoms with Crippen LogP contribution < -0.4 is 0 Å². The number of halogens is 1. The monoisotopic (exact) mass is 375 g/mol. The smallest absolute Gasteiger partial charge is 0.283 e. The van der Waals surface area contributed by atoms with Crippen LogP contribution in [0.5, 0.6) is 0 Å². The summed E-state index contributed by atoms with van der Waals surface area (Å²) in [4.78, 5) is 34.1. The Morgan fingerprint density at radius 2 is 2.12 bits per heavy atom. The number of thioether (sulfide) groups is 1. The van der Waals surface area contributed by atoms with Gasteiger partial charge in [0.2, 0.25) is 0 Å². The van der Waals surface area contributed by atoms with Gasteiger partial charge in [-0.3, -0.25) is 24.5 Å². The van der Waals surface area contributed by atoms with Crippen molar-refractivity contribution in [2.24, 2.45) is 4.99 Å². The predicted octanol–water partition coefficient (Wildman–Crippen LogP) is 3.69. The van der Waals surface area contributed by atoms with Gasteiger partial charge in [-0.2, -0.15) is 0 Å². The highest BCUT2D eigenvalue weighted by atomic mass is 35.5. The van der Waals surface area contributed by atoms with Crippen molar-refractivity contribution < 1.29 is 9.59 Å². The summed E-state index contributed by atoms with van der Waals surface area (Å²) in [5.74, 6) is -0.485. The summed E-state index contributed by atoms with van der Waals surface area (Å²) in [5.41, 5.74) is 1.83. The lowest BCUT2D eigenvalue weighted by Gasteiger charge is -2.15. The maximum absolute atomic E-state index is 12.1. The number of hydrogen-bond donors (Lipinski definition) is 0. The summed E-state index contributed by atoms with van der Waals surface area (Å²) < 4.78 is 0. The molecule has 0 radical (unpaired) electrons. The van der Waals surface area contributed by atoms with Gasteiger partial charge in [0.25, 0.3) is 5.12 Å². The summed E-state index contributed by atoms with van der Waals surface area (Å²) in [5, 5.41) is 1.71. The van der Waals surface area contributed by atoms with E-state index in [1.54, 1.807) is 6.20 Å². The number of aromatic nitrogens is 1. The highest BCUT2D eigenvalue weighted by molar-refractivity contribution is 8.28. The quantitative estimate of drug-likeness (QED) is 0.570. The normalized spacial score (nSPS) is 16.4. The van der Waals surface area contributed by atoms with Gasteiger partial charge in [-0.25, -0.2) is 0 Å². The SMILES string of the molecule is CCCCN=C1SC(=O)C(=O)N1CCc1cnc2cc(Cl)ccc2c1. The van der Waals surface area contributed by atoms with Gasteiger partial charge in [0.1, 0.15) is 0 Å². The van der Waals surface area contributed by atoms with Crippen molar-refractivity contribution >= 4 is 50.5 Å². The number of pyridine rings is 1. The van der Waals surface area contributed by atoms with E-state index in [9.17, 15) is 9.59 Å². The van der Waals surface area contributed by atoms with E-state index in [1.807, 2.05) is 24.3 Å². The summed E-state index contributed by atoms with van der Waals surface area (Å²) in [6, 6.07) is 7.60. The fourth-order valence-electron chi connectivity index (χ4n) is 2.54. The number of aliphatic imine (C=N–C) groups is 1. The first-order chi connectivity index (χ1) is 12.1. The van der Waals surface area contributed by atoms with Crippen molar-refractivity contribution in [2.75, 3.05) is 13.1 Å². The molecule has 0 aliphatic carbocycles. The van der Waals surface area contributed by atoms with Crippen molar-refractivity contribution in [1.82, 2.24) is 9.88 Å². The van der Waals surface area contributed by atoms with Crippen LogP contribution in [0.1, 0.15) is 25.3 Å². The van der Waals surface area contributed by atoms with E-state index in [4.69, 9.17) is 11.6 Å². The average Bonchev–Trinajstić information content (AvgIpc) is 2.87. The Labute approximate surface area is 155 Å². The minimum atomic E-state index is -0.485. The van der Waals surface area contributed by atoms with E-state index in [0.717, 1.165) is 41.1 Å². The Morgan fingerprint density at radius 1 is 1.28 bits per heavy atom. The van der Waals surface area contributed by atoms with Crippen LogP contribution in [0.4, 0.5) is 0 Å². The molecule has 2 aromatic rings. The van der Waals surface area contributed by atoms with E-state index >= 15 is 0 Å². The molecule has 0 N–H and O–H groups in total. The van der Waals surface area contributed by atoms with E-state index in [0.29, 0.717) is 29.7 Å². The molecule has 1 aliphatic rings. The molecule has 3 rings (SSSR count). The first-order valence-electron chi connectivity index (χ1n) is 8.21. The summed E-state index contributed by atoms with van der Waals surface area (Å²) >= 11 is 6.90. The van der Waals surface area contributed by atoms with Gasteiger partial charge in [-0.05, 0) is 48.4 Å². The second kappa shape index (κ2) is 7.97. The number of carbonyl (C=O) groups excluding carboxylic acids is 2. The zero-order chi connectivity index (χ0) is 17.8. The molecule has 0 unspecified atom stereocenters. The van der Waals surface area contributed by atoms with E-state index in [-0.39, 0.29) is 0 Å². The zero-order valence-electron chi connectivity index (χ0n) is 13.9. The largest absolute Gasteiger partial charge is 0.307 e. The van der Waals surface area contributed by atoms with Gasteiger partial charge >= 0.3 is 5.91 Å². The Kier molecular flexibility index (Phi) is 5.71. The zero-order valence-corrected chi connectivity index (χ0v) is 15.4. The molecule has 1 amide bonds. The topological polar surface area (TPSA) is 62.6 Å². The Hall–Kier alpha value is -1.92. The van der Waals surface area contributed by atoms with Crippen LogP contribution in [-0.2, 0) is 16.0 Å². The van der Waals surface area contributed by atoms with Crippen molar-refractivity contribution in [1.29, 1.82) is 0 Å². The summed E-state index contributed by atoms with van der Waals surface area (Å²) in [6.45, 7) is 3.13. The van der Waals surface area contributed by atoms with Crippen molar-refractivity contribution in [2.45, 2.75) is 26.2 Å². The van der Waals surface area contributed by atoms with Crippen molar-refractivity contribution in [3.63, 3.8) is 0 Å². The third-order valence-electron chi connectivity index (χ3n) is 3.92. The third kappa shape index (κ3) is 4.19. The Bertz CT molecular complexity index is 853. The first kappa shape index (κ1) is 17.9. The number of carbonyl (C=O) groups is 2. The molecule has 5 nitrogen and oxygen atoms in total. The average molecular weight is 376 g/mol. The second-order valence-electron chi connectivity index (χ2n) is 5.79. The Morgan fingerprint density at radius 3 is 2.92 bits per heavy atom. The number of fused-ring (bicyclic) bond motifs is 1. The molecule has 1 aromatic carbocycles. The van der Waals surface area contributed by atoms with Crippen LogP contribution in [0.15, 0.2) is 35.5 Å². The lowest BCUT2D eigenvalue weighted by molar-refractivity contribution is -0.136. The lowest BCUT2D eigenvalue weighted by atomic mass is 10.1. The van der Waals surface area contributed by atoms with Crippen LogP contribution in [0.25, 0.3) is 10.9 Å². The van der Waals surface area contributed by atoms with Gasteiger partial charge in [0.15, 0.2) is 5.17 Å². The number of benzene rings is 1. The standard InChI is InChI=1S/C18H18ClN3O2S/c1-2-3-7-20-18-22(16(23)17(24)25-18)8-6-12-9-13-4-5-14(19)10-15(13)21-11-12/h4-5,9-11H,2-3,6-8H2,1H3. The van der Waals surface area contributed by atoms with Gasteiger partial charge < -0.3 is 0 Å². The number of hydrogen-bond acceptors (Lipinski definition) is 5. The predicted molar refractivity (Wildman–Crippen MR) is 102 cm³/mol. The van der Waals surface area contributed by atoms with E-state index < -0.39 is 11.0 Å². The van der Waals surface area contributed by atoms with Gasteiger partial charge in [-0.15, -0.1) is 0 Å². The molecule has 1 aliphatic heterocycles. The van der Waals surface area contributed by atoms with Gasteiger partial charge in [0, 0.05) is 29.7 Å². The first-order valence-corrected chi connectivity index (χ1v) is 9.40. The molecule has 1 fully saturated rings. The molecule has 7 heteroatoms. The molecule has 2 heterocycles. The molecule has 0 bridgehead atoms. The molecule has 0 spiro atoms. The number of amidine groups is 1. The summed E-state index contributed by atoms with van der Waals surface area (Å²) in [7, 11) is 0.